The van der Waals surface area contributed by atoms with E-state index in [1.54, 1.807) is 38.9 Å². The van der Waals surface area contributed by atoms with Crippen LogP contribution < -0.4 is 10.1 Å². The summed E-state index contributed by atoms with van der Waals surface area (Å²) in [4.78, 5) is 38.4. The number of carbonyl (C=O) groups is 3. The Morgan fingerprint density at radius 3 is 2.30 bits per heavy atom. The number of methoxy groups -OCH3 is 2. The van der Waals surface area contributed by atoms with Gasteiger partial charge in [0.2, 0.25) is 5.91 Å². The van der Waals surface area contributed by atoms with Gasteiger partial charge in [-0.1, -0.05) is 18.2 Å². The zero-order valence-electron chi connectivity index (χ0n) is 18.4. The molecule has 0 aliphatic heterocycles. The van der Waals surface area contributed by atoms with E-state index in [1.165, 1.54) is 7.11 Å². The molecule has 8 heteroatoms. The maximum absolute atomic E-state index is 12.7. The van der Waals surface area contributed by atoms with Crippen LogP contribution in [0.4, 0.5) is 4.79 Å². The molecule has 1 rings (SSSR count). The van der Waals surface area contributed by atoms with Gasteiger partial charge in [0.1, 0.15) is 17.4 Å². The topological polar surface area (TPSA) is 94.2 Å². The predicted octanol–water partition coefficient (Wildman–Crippen LogP) is 3.06. The number of ether oxygens (including phenoxy) is 3. The van der Waals surface area contributed by atoms with E-state index in [2.05, 4.69) is 11.9 Å². The lowest BCUT2D eigenvalue weighted by atomic mass is 10.1. The number of hydrogen-bond donors (Lipinski definition) is 1. The number of nitrogens with zero attached hydrogens (tertiary/aromatic N) is 1. The Hall–Kier alpha value is -3.03. The Bertz CT molecular complexity index is 724. The summed E-state index contributed by atoms with van der Waals surface area (Å²) in [5.74, 6) is -0.0841. The van der Waals surface area contributed by atoms with Crippen LogP contribution in [0.25, 0.3) is 0 Å². The number of alkyl carbamates (subject to hydrolysis) is 1. The van der Waals surface area contributed by atoms with Gasteiger partial charge in [-0.15, -0.1) is 6.58 Å². The van der Waals surface area contributed by atoms with Crippen molar-refractivity contribution in [3.8, 4) is 5.75 Å². The van der Waals surface area contributed by atoms with Gasteiger partial charge in [0.15, 0.2) is 0 Å². The SMILES string of the molecule is C=CCN(Cc1ccc(OC)cc1)C(=O)CCC(NC(=O)OC(C)(C)C)C(=O)OC. The second-order valence-electron chi connectivity index (χ2n) is 7.67. The summed E-state index contributed by atoms with van der Waals surface area (Å²) in [6.45, 7) is 9.59. The molecule has 1 N–H and O–H groups in total. The van der Waals surface area contributed by atoms with Crippen LogP contribution in [0.15, 0.2) is 36.9 Å². The first-order valence-corrected chi connectivity index (χ1v) is 9.68. The Kier molecular flexibility index (Phi) is 9.88. The van der Waals surface area contributed by atoms with Gasteiger partial charge in [-0.3, -0.25) is 4.79 Å². The molecule has 1 atom stereocenters. The molecule has 0 fully saturated rings. The highest BCUT2D eigenvalue weighted by Gasteiger charge is 2.26. The molecule has 0 aliphatic rings. The molecule has 1 unspecified atom stereocenters. The first kappa shape index (κ1) is 25.0. The van der Waals surface area contributed by atoms with Crippen LogP contribution in [0.5, 0.6) is 5.75 Å². The molecule has 1 aromatic carbocycles. The quantitative estimate of drug-likeness (QED) is 0.462. The third-order valence-corrected chi connectivity index (χ3v) is 4.06. The average molecular weight is 421 g/mol. The summed E-state index contributed by atoms with van der Waals surface area (Å²) >= 11 is 0. The highest BCUT2D eigenvalue weighted by molar-refractivity contribution is 5.83. The van der Waals surface area contributed by atoms with E-state index in [0.29, 0.717) is 13.1 Å². The molecule has 30 heavy (non-hydrogen) atoms. The number of benzene rings is 1. The van der Waals surface area contributed by atoms with E-state index in [0.717, 1.165) is 11.3 Å². The van der Waals surface area contributed by atoms with Gasteiger partial charge >= 0.3 is 12.1 Å². The number of rotatable bonds is 10. The molecule has 0 bridgehead atoms. The van der Waals surface area contributed by atoms with Gasteiger partial charge in [-0.2, -0.15) is 0 Å². The molecular formula is C22H32N2O6. The third-order valence-electron chi connectivity index (χ3n) is 4.06. The Labute approximate surface area is 178 Å². The fourth-order valence-corrected chi connectivity index (χ4v) is 2.63. The van der Waals surface area contributed by atoms with Crippen LogP contribution in [-0.2, 0) is 25.6 Å². The third kappa shape index (κ3) is 8.98. The minimum absolute atomic E-state index is 0.0412. The van der Waals surface area contributed by atoms with E-state index in [9.17, 15) is 14.4 Å². The highest BCUT2D eigenvalue weighted by atomic mass is 16.6. The normalized spacial score (nSPS) is 11.8. The molecule has 0 saturated carbocycles. The van der Waals surface area contributed by atoms with Crippen LogP contribution in [0.1, 0.15) is 39.2 Å². The summed E-state index contributed by atoms with van der Waals surface area (Å²) < 4.78 is 15.1. The fourth-order valence-electron chi connectivity index (χ4n) is 2.63. The van der Waals surface area contributed by atoms with Crippen molar-refractivity contribution < 1.29 is 28.6 Å². The van der Waals surface area contributed by atoms with Crippen LogP contribution in [0.2, 0.25) is 0 Å². The Morgan fingerprint density at radius 1 is 1.17 bits per heavy atom. The van der Waals surface area contributed by atoms with Gasteiger partial charge in [0.05, 0.1) is 14.2 Å². The molecule has 0 saturated heterocycles. The van der Waals surface area contributed by atoms with Crippen molar-refractivity contribution in [1.82, 2.24) is 10.2 Å². The van der Waals surface area contributed by atoms with Crippen molar-refractivity contribution >= 4 is 18.0 Å². The van der Waals surface area contributed by atoms with E-state index >= 15 is 0 Å². The van der Waals surface area contributed by atoms with Gasteiger partial charge in [-0.25, -0.2) is 9.59 Å². The second-order valence-corrected chi connectivity index (χ2v) is 7.67. The van der Waals surface area contributed by atoms with Crippen LogP contribution in [-0.4, -0.2) is 55.3 Å². The molecule has 0 spiro atoms. The minimum Gasteiger partial charge on any atom is -0.497 e. The lowest BCUT2D eigenvalue weighted by Crippen LogP contribution is -2.44. The summed E-state index contributed by atoms with van der Waals surface area (Å²) in [5, 5.41) is 2.47. The molecule has 166 valence electrons. The maximum atomic E-state index is 12.7. The molecule has 0 heterocycles. The van der Waals surface area contributed by atoms with Crippen LogP contribution in [0, 0.1) is 0 Å². The van der Waals surface area contributed by atoms with Gasteiger partial charge in [-0.05, 0) is 44.9 Å². The lowest BCUT2D eigenvalue weighted by molar-refractivity contribution is -0.143. The highest BCUT2D eigenvalue weighted by Crippen LogP contribution is 2.15. The van der Waals surface area contributed by atoms with Gasteiger partial charge in [0, 0.05) is 19.5 Å². The Balaban J connectivity index is 2.75. The van der Waals surface area contributed by atoms with Crippen molar-refractivity contribution in [2.75, 3.05) is 20.8 Å². The smallest absolute Gasteiger partial charge is 0.408 e. The summed E-state index contributed by atoms with van der Waals surface area (Å²) in [6, 6.07) is 6.42. The molecule has 0 aliphatic carbocycles. The molecule has 1 aromatic rings. The van der Waals surface area contributed by atoms with E-state index < -0.39 is 23.7 Å². The first-order chi connectivity index (χ1) is 14.1. The van der Waals surface area contributed by atoms with E-state index in [1.807, 2.05) is 24.3 Å². The summed E-state index contributed by atoms with van der Waals surface area (Å²) in [6.07, 6.45) is 1.02. The monoisotopic (exact) mass is 420 g/mol. The van der Waals surface area contributed by atoms with Crippen LogP contribution >= 0.6 is 0 Å². The number of nitrogens with one attached hydrogen (secondary N) is 1. The van der Waals surface area contributed by atoms with E-state index in [4.69, 9.17) is 14.2 Å². The number of hydrogen-bond acceptors (Lipinski definition) is 6. The number of amides is 2. The minimum atomic E-state index is -0.986. The van der Waals surface area contributed by atoms with E-state index in [-0.39, 0.29) is 18.7 Å². The zero-order chi connectivity index (χ0) is 22.7. The average Bonchev–Trinajstić information content (AvgIpc) is 2.69. The van der Waals surface area contributed by atoms with Crippen molar-refractivity contribution in [2.45, 2.75) is 51.8 Å². The van der Waals surface area contributed by atoms with Crippen LogP contribution in [0.3, 0.4) is 0 Å². The second kappa shape index (κ2) is 11.8. The van der Waals surface area contributed by atoms with Crippen molar-refractivity contribution in [2.24, 2.45) is 0 Å². The van der Waals surface area contributed by atoms with Crippen molar-refractivity contribution in [3.63, 3.8) is 0 Å². The molecule has 0 aromatic heterocycles. The lowest BCUT2D eigenvalue weighted by Gasteiger charge is -2.24. The fraction of sp³-hybridized carbons (Fsp3) is 0.500. The first-order valence-electron chi connectivity index (χ1n) is 9.68. The summed E-state index contributed by atoms with van der Waals surface area (Å²) in [7, 11) is 2.81. The van der Waals surface area contributed by atoms with Crippen molar-refractivity contribution in [1.29, 1.82) is 0 Å². The molecule has 0 radical (unpaired) electrons. The van der Waals surface area contributed by atoms with Gasteiger partial charge < -0.3 is 24.4 Å². The molecule has 8 nitrogen and oxygen atoms in total. The predicted molar refractivity (Wildman–Crippen MR) is 113 cm³/mol. The number of carbonyl (C=O) groups excluding carboxylic acids is 3. The summed E-state index contributed by atoms with van der Waals surface area (Å²) in [5.41, 5.74) is 0.224. The van der Waals surface area contributed by atoms with Crippen molar-refractivity contribution in [3.05, 3.63) is 42.5 Å². The molecular weight excluding hydrogens is 388 g/mol. The van der Waals surface area contributed by atoms with Gasteiger partial charge in [0.25, 0.3) is 0 Å². The number of esters is 1. The Morgan fingerprint density at radius 2 is 1.80 bits per heavy atom. The molecule has 2 amide bonds. The zero-order valence-corrected chi connectivity index (χ0v) is 18.4. The maximum Gasteiger partial charge on any atom is 0.408 e. The largest absolute Gasteiger partial charge is 0.497 e. The standard InChI is InChI=1S/C22H32N2O6/c1-7-14-24(15-16-8-10-17(28-5)11-9-16)19(25)13-12-18(20(26)29-6)23-21(27)30-22(2,3)4/h7-11,18H,1,12-15H2,2-6H3,(H,23,27).